The highest BCUT2D eigenvalue weighted by atomic mass is 32.2. The molecule has 0 saturated heterocycles. The normalized spacial score (nSPS) is 31.0. The summed E-state index contributed by atoms with van der Waals surface area (Å²) in [6.07, 6.45) is 6.83. The van der Waals surface area contributed by atoms with Crippen LogP contribution >= 0.6 is 11.8 Å². The first kappa shape index (κ1) is 9.90. The Bertz CT molecular complexity index is 168. The van der Waals surface area contributed by atoms with Crippen LogP contribution in [-0.2, 0) is 0 Å². The number of aliphatic imine (C=N–C) groups is 1. The predicted molar refractivity (Wildman–Crippen MR) is 56.9 cm³/mol. The highest BCUT2D eigenvalue weighted by Crippen LogP contribution is 2.30. The predicted octanol–water partition coefficient (Wildman–Crippen LogP) is 2.04. The average Bonchev–Trinajstić information content (AvgIpc) is 2.52. The smallest absolute Gasteiger partial charge is 0.0937 e. The summed E-state index contributed by atoms with van der Waals surface area (Å²) in [5.74, 6) is 0.821. The largest absolute Gasteiger partial charge is 0.387 e. The topological polar surface area (TPSA) is 38.4 Å². The molecule has 2 N–H and O–H groups in total. The first-order valence-electron chi connectivity index (χ1n) is 4.61. The molecule has 2 atom stereocenters. The first-order chi connectivity index (χ1) is 5.76. The summed E-state index contributed by atoms with van der Waals surface area (Å²) in [7, 11) is 0. The Labute approximate surface area is 79.0 Å². The van der Waals surface area contributed by atoms with E-state index in [-0.39, 0.29) is 0 Å². The highest BCUT2D eigenvalue weighted by Gasteiger charge is 2.23. The number of nitrogens with zero attached hydrogens (tertiary/aromatic N) is 1. The number of rotatable bonds is 3. The summed E-state index contributed by atoms with van der Waals surface area (Å²) in [5.41, 5.74) is 5.68. The minimum atomic E-state index is 0.516. The van der Waals surface area contributed by atoms with E-state index in [4.69, 9.17) is 5.73 Å². The fourth-order valence-corrected chi connectivity index (χ4v) is 2.36. The van der Waals surface area contributed by atoms with Crippen LogP contribution in [0.4, 0.5) is 0 Å². The Morgan fingerprint density at radius 1 is 1.58 bits per heavy atom. The van der Waals surface area contributed by atoms with Crippen molar-refractivity contribution in [1.82, 2.24) is 0 Å². The lowest BCUT2D eigenvalue weighted by Gasteiger charge is -2.05. The van der Waals surface area contributed by atoms with Gasteiger partial charge in [-0.1, -0.05) is 6.92 Å². The first-order valence-corrected chi connectivity index (χ1v) is 5.90. The third-order valence-corrected chi connectivity index (χ3v) is 3.50. The zero-order valence-electron chi connectivity index (χ0n) is 7.92. The zero-order chi connectivity index (χ0) is 8.97. The molecule has 0 aromatic carbocycles. The Morgan fingerprint density at radius 3 is 2.83 bits per heavy atom. The fraction of sp³-hybridized carbons (Fsp3) is 0.889. The van der Waals surface area contributed by atoms with Gasteiger partial charge in [0.1, 0.15) is 0 Å². The molecule has 12 heavy (non-hydrogen) atoms. The lowest BCUT2D eigenvalue weighted by Crippen LogP contribution is -2.14. The summed E-state index contributed by atoms with van der Waals surface area (Å²) in [5, 5.41) is 0.823. The van der Waals surface area contributed by atoms with Gasteiger partial charge in [0.15, 0.2) is 0 Å². The Morgan fingerprint density at radius 2 is 2.33 bits per heavy atom. The van der Waals surface area contributed by atoms with Crippen LogP contribution in [0.15, 0.2) is 4.99 Å². The van der Waals surface area contributed by atoms with Gasteiger partial charge in [-0.3, -0.25) is 4.99 Å². The maximum Gasteiger partial charge on any atom is 0.0937 e. The van der Waals surface area contributed by atoms with E-state index in [9.17, 15) is 0 Å². The van der Waals surface area contributed by atoms with E-state index < -0.39 is 0 Å². The van der Waals surface area contributed by atoms with Crippen LogP contribution in [-0.4, -0.2) is 23.4 Å². The van der Waals surface area contributed by atoms with E-state index in [0.717, 1.165) is 17.5 Å². The molecule has 0 aromatic heterocycles. The molecule has 70 valence electrons. The molecule has 3 heteroatoms. The van der Waals surface area contributed by atoms with Gasteiger partial charge in [-0.05, 0) is 25.5 Å². The maximum atomic E-state index is 5.68. The van der Waals surface area contributed by atoms with Crippen molar-refractivity contribution in [2.45, 2.75) is 43.9 Å². The van der Waals surface area contributed by atoms with E-state index in [0.29, 0.717) is 6.04 Å². The molecule has 1 fully saturated rings. The molecule has 0 heterocycles. The summed E-state index contributed by atoms with van der Waals surface area (Å²) >= 11 is 1.96. The molecule has 0 aromatic rings. The zero-order valence-corrected chi connectivity index (χ0v) is 8.73. The second kappa shape index (κ2) is 4.75. The Kier molecular flexibility index (Phi) is 3.92. The highest BCUT2D eigenvalue weighted by molar-refractivity contribution is 7.99. The van der Waals surface area contributed by atoms with Crippen molar-refractivity contribution >= 4 is 17.6 Å². The Balaban J connectivity index is 2.37. The summed E-state index contributed by atoms with van der Waals surface area (Å²) < 4.78 is 0. The lowest BCUT2D eigenvalue weighted by atomic mass is 10.2. The second-order valence-corrected chi connectivity index (χ2v) is 4.44. The summed E-state index contributed by atoms with van der Waals surface area (Å²) in [6.45, 7) is 2.06. The van der Waals surface area contributed by atoms with Gasteiger partial charge in [0.2, 0.25) is 0 Å². The molecule has 2 nitrogen and oxygen atoms in total. The molecular weight excluding hydrogens is 168 g/mol. The van der Waals surface area contributed by atoms with E-state index in [1.807, 2.05) is 11.8 Å². The number of hydrogen-bond acceptors (Lipinski definition) is 2. The maximum absolute atomic E-state index is 5.68. The number of hydrogen-bond donors (Lipinski definition) is 1. The van der Waals surface area contributed by atoms with Gasteiger partial charge in [-0.2, -0.15) is 11.8 Å². The SMILES string of the molecule is CCC(N)=NC1CCC(SC)C1. The van der Waals surface area contributed by atoms with Crippen molar-refractivity contribution in [1.29, 1.82) is 0 Å². The fourth-order valence-electron chi connectivity index (χ4n) is 1.57. The molecule has 1 aliphatic carbocycles. The molecule has 0 amide bonds. The molecule has 1 saturated carbocycles. The minimum absolute atomic E-state index is 0.516. The van der Waals surface area contributed by atoms with Gasteiger partial charge in [0, 0.05) is 11.7 Å². The van der Waals surface area contributed by atoms with Gasteiger partial charge >= 0.3 is 0 Å². The van der Waals surface area contributed by atoms with Crippen LogP contribution in [0.5, 0.6) is 0 Å². The van der Waals surface area contributed by atoms with Crippen LogP contribution in [0, 0.1) is 0 Å². The monoisotopic (exact) mass is 186 g/mol. The molecule has 1 rings (SSSR count). The molecular formula is C9H18N2S. The number of amidine groups is 1. The van der Waals surface area contributed by atoms with Crippen LogP contribution in [0.1, 0.15) is 32.6 Å². The van der Waals surface area contributed by atoms with Crippen LogP contribution in [0.3, 0.4) is 0 Å². The standard InChI is InChI=1S/C9H18N2S/c1-3-9(10)11-7-4-5-8(6-7)12-2/h7-8H,3-6H2,1-2H3,(H2,10,11). The van der Waals surface area contributed by atoms with E-state index in [2.05, 4.69) is 18.2 Å². The third-order valence-electron chi connectivity index (χ3n) is 2.40. The quantitative estimate of drug-likeness (QED) is 0.541. The minimum Gasteiger partial charge on any atom is -0.387 e. The Hall–Kier alpha value is -0.180. The molecule has 0 spiro atoms. The van der Waals surface area contributed by atoms with E-state index in [1.54, 1.807) is 0 Å². The molecule has 2 unspecified atom stereocenters. The summed E-state index contributed by atoms with van der Waals surface area (Å²) in [4.78, 5) is 4.47. The van der Waals surface area contributed by atoms with Crippen molar-refractivity contribution in [2.75, 3.05) is 6.26 Å². The van der Waals surface area contributed by atoms with Gasteiger partial charge in [0.25, 0.3) is 0 Å². The number of thioether (sulfide) groups is 1. The molecule has 1 aliphatic rings. The van der Waals surface area contributed by atoms with Crippen molar-refractivity contribution in [3.05, 3.63) is 0 Å². The van der Waals surface area contributed by atoms with Crippen LogP contribution in [0.25, 0.3) is 0 Å². The van der Waals surface area contributed by atoms with Gasteiger partial charge in [0.05, 0.1) is 11.9 Å². The van der Waals surface area contributed by atoms with E-state index in [1.165, 1.54) is 19.3 Å². The average molecular weight is 186 g/mol. The van der Waals surface area contributed by atoms with Crippen molar-refractivity contribution in [3.8, 4) is 0 Å². The summed E-state index contributed by atoms with van der Waals surface area (Å²) in [6, 6.07) is 0.516. The third kappa shape index (κ3) is 2.70. The number of nitrogens with two attached hydrogens (primary N) is 1. The lowest BCUT2D eigenvalue weighted by molar-refractivity contribution is 0.704. The van der Waals surface area contributed by atoms with Crippen molar-refractivity contribution in [3.63, 3.8) is 0 Å². The van der Waals surface area contributed by atoms with Crippen LogP contribution < -0.4 is 5.73 Å². The molecule has 0 bridgehead atoms. The van der Waals surface area contributed by atoms with Crippen molar-refractivity contribution in [2.24, 2.45) is 10.7 Å². The molecule has 0 radical (unpaired) electrons. The van der Waals surface area contributed by atoms with Gasteiger partial charge in [-0.25, -0.2) is 0 Å². The van der Waals surface area contributed by atoms with Crippen molar-refractivity contribution < 1.29 is 0 Å². The van der Waals surface area contributed by atoms with Gasteiger partial charge < -0.3 is 5.73 Å². The molecule has 0 aliphatic heterocycles. The van der Waals surface area contributed by atoms with Crippen LogP contribution in [0.2, 0.25) is 0 Å². The van der Waals surface area contributed by atoms with Gasteiger partial charge in [-0.15, -0.1) is 0 Å². The van der Waals surface area contributed by atoms with E-state index >= 15 is 0 Å². The second-order valence-electron chi connectivity index (χ2n) is 3.30.